The fourth-order valence-corrected chi connectivity index (χ4v) is 4.78. The molecule has 6 heteroatoms. The van der Waals surface area contributed by atoms with Crippen molar-refractivity contribution in [3.05, 3.63) is 28.8 Å². The van der Waals surface area contributed by atoms with Crippen molar-refractivity contribution in [2.24, 2.45) is 5.92 Å². The summed E-state index contributed by atoms with van der Waals surface area (Å²) in [5, 5.41) is 9.59. The third-order valence-electron chi connectivity index (χ3n) is 6.18. The lowest BCUT2D eigenvalue weighted by atomic mass is 9.77. The number of benzene rings is 1. The third-order valence-corrected chi connectivity index (χ3v) is 6.18. The summed E-state index contributed by atoms with van der Waals surface area (Å²) in [6.45, 7) is 6.46. The highest BCUT2D eigenvalue weighted by Gasteiger charge is 2.55. The Bertz CT molecular complexity index is 723. The van der Waals surface area contributed by atoms with Gasteiger partial charge in [0.2, 0.25) is 5.91 Å². The van der Waals surface area contributed by atoms with E-state index in [0.29, 0.717) is 12.8 Å². The topological polar surface area (TPSA) is 70.1 Å². The van der Waals surface area contributed by atoms with Gasteiger partial charge in [0.25, 0.3) is 0 Å². The molecule has 0 unspecified atom stereocenters. The molecule has 1 N–H and O–H groups in total. The molecule has 0 aliphatic carbocycles. The zero-order valence-electron chi connectivity index (χ0n) is 16.0. The highest BCUT2D eigenvalue weighted by atomic mass is 16.5. The zero-order valence-corrected chi connectivity index (χ0v) is 16.0. The first-order chi connectivity index (χ1) is 12.3. The molecule has 142 valence electrons. The van der Waals surface area contributed by atoms with Crippen LogP contribution in [0.1, 0.15) is 36.0 Å². The molecule has 2 fully saturated rings. The van der Waals surface area contributed by atoms with Crippen molar-refractivity contribution in [1.82, 2.24) is 9.80 Å². The summed E-state index contributed by atoms with van der Waals surface area (Å²) in [6, 6.07) is 4.27. The molecule has 0 aromatic heterocycles. The summed E-state index contributed by atoms with van der Waals surface area (Å²) in [4.78, 5) is 27.8. The van der Waals surface area contributed by atoms with Crippen LogP contribution in [-0.2, 0) is 16.1 Å². The average molecular weight is 360 g/mol. The van der Waals surface area contributed by atoms with E-state index in [9.17, 15) is 14.7 Å². The fourth-order valence-electron chi connectivity index (χ4n) is 4.78. The van der Waals surface area contributed by atoms with E-state index in [2.05, 4.69) is 30.9 Å². The van der Waals surface area contributed by atoms with Gasteiger partial charge in [0, 0.05) is 38.7 Å². The van der Waals surface area contributed by atoms with Crippen LogP contribution in [0.3, 0.4) is 0 Å². The van der Waals surface area contributed by atoms with Gasteiger partial charge in [-0.05, 0) is 32.3 Å². The molecule has 1 amide bonds. The first-order valence-corrected chi connectivity index (χ1v) is 9.14. The van der Waals surface area contributed by atoms with E-state index in [1.54, 1.807) is 19.1 Å². The minimum atomic E-state index is -0.855. The number of nitrogens with zero attached hydrogens (tertiary/aromatic N) is 2. The van der Waals surface area contributed by atoms with E-state index in [4.69, 9.17) is 4.74 Å². The quantitative estimate of drug-likeness (QED) is 0.891. The monoisotopic (exact) mass is 360 g/mol. The van der Waals surface area contributed by atoms with Gasteiger partial charge in [-0.15, -0.1) is 0 Å². The minimum Gasteiger partial charge on any atom is -0.496 e. The number of piperidine rings is 1. The Balaban J connectivity index is 1.75. The van der Waals surface area contributed by atoms with Crippen LogP contribution < -0.4 is 4.74 Å². The molecule has 26 heavy (non-hydrogen) atoms. The van der Waals surface area contributed by atoms with Gasteiger partial charge in [-0.3, -0.25) is 14.5 Å². The molecule has 0 bridgehead atoms. The van der Waals surface area contributed by atoms with Crippen LogP contribution >= 0.6 is 0 Å². The Morgan fingerprint density at radius 2 is 1.96 bits per heavy atom. The summed E-state index contributed by atoms with van der Waals surface area (Å²) in [5.74, 6) is -0.584. The van der Waals surface area contributed by atoms with E-state index in [1.165, 1.54) is 5.56 Å². The smallest absolute Gasteiger partial charge is 0.309 e. The van der Waals surface area contributed by atoms with Crippen LogP contribution in [-0.4, -0.2) is 59.6 Å². The number of hydrogen-bond acceptors (Lipinski definition) is 4. The van der Waals surface area contributed by atoms with Gasteiger partial charge in [-0.2, -0.15) is 0 Å². The van der Waals surface area contributed by atoms with Gasteiger partial charge in [-0.1, -0.05) is 17.7 Å². The number of aliphatic carboxylic acids is 1. The zero-order chi connectivity index (χ0) is 19.1. The molecule has 2 saturated heterocycles. The number of aryl methyl sites for hydroxylation is 2. The Hall–Kier alpha value is -2.08. The third kappa shape index (κ3) is 3.07. The van der Waals surface area contributed by atoms with Crippen molar-refractivity contribution in [2.45, 2.75) is 45.2 Å². The number of rotatable bonds is 4. The van der Waals surface area contributed by atoms with Gasteiger partial charge in [0.15, 0.2) is 0 Å². The van der Waals surface area contributed by atoms with Crippen LogP contribution in [0.4, 0.5) is 0 Å². The molecule has 2 aliphatic heterocycles. The summed E-state index contributed by atoms with van der Waals surface area (Å²) in [7, 11) is 3.46. The lowest BCUT2D eigenvalue weighted by Gasteiger charge is -2.45. The van der Waals surface area contributed by atoms with Crippen molar-refractivity contribution >= 4 is 11.9 Å². The molecule has 2 heterocycles. The number of carbonyl (C=O) groups excluding carboxylic acids is 1. The van der Waals surface area contributed by atoms with Gasteiger partial charge in [0.1, 0.15) is 5.75 Å². The summed E-state index contributed by atoms with van der Waals surface area (Å²) in [5.41, 5.74) is 2.96. The van der Waals surface area contributed by atoms with Crippen LogP contribution in [0.2, 0.25) is 0 Å². The van der Waals surface area contributed by atoms with Crippen molar-refractivity contribution < 1.29 is 19.4 Å². The van der Waals surface area contributed by atoms with E-state index < -0.39 is 17.4 Å². The average Bonchev–Trinajstić information content (AvgIpc) is 2.82. The molecule has 1 aromatic rings. The number of methoxy groups -OCH3 is 1. The number of hydrogen-bond donors (Lipinski definition) is 1. The van der Waals surface area contributed by atoms with Crippen molar-refractivity contribution in [1.29, 1.82) is 0 Å². The van der Waals surface area contributed by atoms with Gasteiger partial charge in [0.05, 0.1) is 18.6 Å². The second-order valence-corrected chi connectivity index (χ2v) is 7.70. The second-order valence-electron chi connectivity index (χ2n) is 7.70. The van der Waals surface area contributed by atoms with Crippen LogP contribution in [0.25, 0.3) is 0 Å². The van der Waals surface area contributed by atoms with Crippen molar-refractivity contribution in [2.75, 3.05) is 27.2 Å². The summed E-state index contributed by atoms with van der Waals surface area (Å²) in [6.07, 6.45) is 1.51. The van der Waals surface area contributed by atoms with Gasteiger partial charge in [-0.25, -0.2) is 0 Å². The molecule has 3 rings (SSSR count). The number of likely N-dealkylation sites (tertiary alicyclic amines) is 2. The van der Waals surface area contributed by atoms with E-state index >= 15 is 0 Å². The Kier molecular flexibility index (Phi) is 4.97. The number of carboxylic acids is 1. The number of ether oxygens (including phenoxy) is 1. The Morgan fingerprint density at radius 3 is 2.54 bits per heavy atom. The van der Waals surface area contributed by atoms with E-state index in [0.717, 1.165) is 36.5 Å². The second kappa shape index (κ2) is 6.91. The van der Waals surface area contributed by atoms with Crippen molar-refractivity contribution in [3.63, 3.8) is 0 Å². The number of amides is 1. The predicted molar refractivity (Wildman–Crippen MR) is 98.2 cm³/mol. The van der Waals surface area contributed by atoms with E-state index in [-0.39, 0.29) is 12.3 Å². The van der Waals surface area contributed by atoms with Gasteiger partial charge < -0.3 is 14.7 Å². The molecule has 1 spiro atoms. The molecule has 1 aromatic carbocycles. The number of carboxylic acid groups (broad SMARTS) is 1. The van der Waals surface area contributed by atoms with Crippen LogP contribution in [0.5, 0.6) is 5.75 Å². The SMILES string of the molecule is COc1c(C)cc(C)cc1CN1CCC2(CC1)[C@H](C(=O)O)CC(=O)N2C. The lowest BCUT2D eigenvalue weighted by molar-refractivity contribution is -0.146. The van der Waals surface area contributed by atoms with Crippen LogP contribution in [0.15, 0.2) is 12.1 Å². The summed E-state index contributed by atoms with van der Waals surface area (Å²) >= 11 is 0. The standard InChI is InChI=1S/C20H28N2O4/c1-13-9-14(2)18(26-4)15(10-13)12-22-7-5-20(6-8-22)16(19(24)25)11-17(23)21(20)3/h9-10,16H,5-8,11-12H2,1-4H3,(H,24,25)/t16-/m0/s1. The van der Waals surface area contributed by atoms with Gasteiger partial charge >= 0.3 is 5.97 Å². The maximum Gasteiger partial charge on any atom is 0.309 e. The molecular formula is C20H28N2O4. The molecular weight excluding hydrogens is 332 g/mol. The maximum atomic E-state index is 12.1. The highest BCUT2D eigenvalue weighted by molar-refractivity contribution is 5.88. The predicted octanol–water partition coefficient (Wildman–Crippen LogP) is 2.21. The van der Waals surface area contributed by atoms with E-state index in [1.807, 2.05) is 0 Å². The van der Waals surface area contributed by atoms with Crippen LogP contribution in [0, 0.1) is 19.8 Å². The molecule has 2 aliphatic rings. The Morgan fingerprint density at radius 1 is 1.31 bits per heavy atom. The minimum absolute atomic E-state index is 0.0539. The Labute approximate surface area is 154 Å². The normalized spacial score (nSPS) is 22.8. The first kappa shape index (κ1) is 18.7. The lowest BCUT2D eigenvalue weighted by Crippen LogP contribution is -2.55. The van der Waals surface area contributed by atoms with Crippen molar-refractivity contribution in [3.8, 4) is 5.75 Å². The summed E-state index contributed by atoms with van der Waals surface area (Å²) < 4.78 is 5.59. The maximum absolute atomic E-state index is 12.1. The molecule has 6 nitrogen and oxygen atoms in total. The molecule has 1 atom stereocenters. The largest absolute Gasteiger partial charge is 0.496 e. The number of carbonyl (C=O) groups is 2. The fraction of sp³-hybridized carbons (Fsp3) is 0.600. The molecule has 0 saturated carbocycles. The molecule has 0 radical (unpaired) electrons. The first-order valence-electron chi connectivity index (χ1n) is 9.14. The highest BCUT2D eigenvalue weighted by Crippen LogP contribution is 2.43.